The van der Waals surface area contributed by atoms with Crippen molar-refractivity contribution in [3.05, 3.63) is 66.2 Å². The molecule has 4 aromatic rings. The number of nitrogens with one attached hydrogen (secondary N) is 1. The molecule has 1 aromatic carbocycles. The fourth-order valence-electron chi connectivity index (χ4n) is 3.43. The van der Waals surface area contributed by atoms with E-state index in [2.05, 4.69) is 24.8 Å². The van der Waals surface area contributed by atoms with E-state index in [9.17, 15) is 18.0 Å². The van der Waals surface area contributed by atoms with Crippen molar-refractivity contribution in [2.45, 2.75) is 26.1 Å². The van der Waals surface area contributed by atoms with E-state index in [0.717, 1.165) is 22.5 Å². The van der Waals surface area contributed by atoms with Crippen LogP contribution in [0.5, 0.6) is 0 Å². The van der Waals surface area contributed by atoms with Crippen LogP contribution in [-0.2, 0) is 6.18 Å². The molecule has 0 fully saturated rings. The third-order valence-corrected chi connectivity index (χ3v) is 4.93. The van der Waals surface area contributed by atoms with Gasteiger partial charge in [-0.05, 0) is 44.2 Å². The van der Waals surface area contributed by atoms with Gasteiger partial charge in [0.05, 0.1) is 23.0 Å². The highest BCUT2D eigenvalue weighted by atomic mass is 19.4. The summed E-state index contributed by atoms with van der Waals surface area (Å²) in [5.74, 6) is -0.888. The number of nitrogens with two attached hydrogens (primary N) is 1. The number of halogens is 3. The molecule has 3 heterocycles. The summed E-state index contributed by atoms with van der Waals surface area (Å²) in [6, 6.07) is 6.59. The monoisotopic (exact) mass is 440 g/mol. The average molecular weight is 440 g/mol. The highest BCUT2D eigenvalue weighted by Crippen LogP contribution is 2.34. The molecular weight excluding hydrogens is 421 g/mol. The summed E-state index contributed by atoms with van der Waals surface area (Å²) in [4.78, 5) is 24.3. The Morgan fingerprint density at radius 1 is 1.16 bits per heavy atom. The molecule has 0 spiro atoms. The number of carbonyl (C=O) groups is 1. The number of fused-ring (bicyclic) bond motifs is 1. The van der Waals surface area contributed by atoms with Gasteiger partial charge in [0.1, 0.15) is 0 Å². The van der Waals surface area contributed by atoms with Gasteiger partial charge < -0.3 is 15.6 Å². The number of benzene rings is 1. The fraction of sp³-hybridized carbons (Fsp3) is 0.182. The normalized spacial score (nSPS) is 11.8. The molecule has 4 rings (SSSR count). The van der Waals surface area contributed by atoms with E-state index >= 15 is 0 Å². The van der Waals surface area contributed by atoms with Gasteiger partial charge in [0.2, 0.25) is 11.9 Å². The molecule has 0 saturated carbocycles. The molecule has 0 radical (unpaired) electrons. The predicted molar refractivity (Wildman–Crippen MR) is 114 cm³/mol. The Morgan fingerprint density at radius 2 is 1.94 bits per heavy atom. The Morgan fingerprint density at radius 3 is 2.62 bits per heavy atom. The lowest BCUT2D eigenvalue weighted by atomic mass is 10.1. The van der Waals surface area contributed by atoms with Crippen molar-refractivity contribution in [1.29, 1.82) is 0 Å². The first kappa shape index (κ1) is 21.3. The van der Waals surface area contributed by atoms with Crippen LogP contribution in [0.2, 0.25) is 0 Å². The van der Waals surface area contributed by atoms with Crippen LogP contribution in [0, 0.1) is 0 Å². The molecule has 0 bridgehead atoms. The number of nitrogens with zero attached hydrogens (tertiary/aromatic N) is 4. The number of rotatable bonds is 5. The van der Waals surface area contributed by atoms with E-state index in [0.29, 0.717) is 11.8 Å². The molecule has 0 saturated heterocycles. The maximum Gasteiger partial charge on any atom is 0.416 e. The highest BCUT2D eigenvalue weighted by Gasteiger charge is 2.31. The van der Waals surface area contributed by atoms with Crippen LogP contribution >= 0.6 is 0 Å². The molecule has 3 aromatic heterocycles. The van der Waals surface area contributed by atoms with Gasteiger partial charge in [0.25, 0.3) is 0 Å². The predicted octanol–water partition coefficient (Wildman–Crippen LogP) is 4.94. The summed E-state index contributed by atoms with van der Waals surface area (Å²) in [6.07, 6.45) is 2.28. The van der Waals surface area contributed by atoms with Gasteiger partial charge in [-0.3, -0.25) is 9.78 Å². The molecule has 164 valence electrons. The van der Waals surface area contributed by atoms with Crippen molar-refractivity contribution in [2.24, 2.45) is 5.73 Å². The highest BCUT2D eigenvalue weighted by molar-refractivity contribution is 5.95. The molecule has 0 aliphatic heterocycles. The van der Waals surface area contributed by atoms with Crippen LogP contribution in [0.3, 0.4) is 0 Å². The van der Waals surface area contributed by atoms with Crippen molar-refractivity contribution >= 4 is 28.4 Å². The van der Waals surface area contributed by atoms with Crippen LogP contribution in [0.4, 0.5) is 24.8 Å². The van der Waals surface area contributed by atoms with Gasteiger partial charge in [0.15, 0.2) is 0 Å². The number of hydrogen-bond acceptors (Lipinski definition) is 5. The number of anilines is 2. The van der Waals surface area contributed by atoms with Crippen LogP contribution < -0.4 is 11.1 Å². The van der Waals surface area contributed by atoms with E-state index in [1.54, 1.807) is 18.5 Å². The molecular formula is C22H19F3N6O. The minimum absolute atomic E-state index is 0.000386. The summed E-state index contributed by atoms with van der Waals surface area (Å²) < 4.78 is 41.8. The lowest BCUT2D eigenvalue weighted by molar-refractivity contribution is -0.137. The maximum absolute atomic E-state index is 13.2. The smallest absolute Gasteiger partial charge is 0.366 e. The van der Waals surface area contributed by atoms with Crippen molar-refractivity contribution in [3.63, 3.8) is 0 Å². The second-order valence-corrected chi connectivity index (χ2v) is 7.49. The molecule has 3 N–H and O–H groups in total. The van der Waals surface area contributed by atoms with Gasteiger partial charge in [-0.1, -0.05) is 0 Å². The minimum Gasteiger partial charge on any atom is -0.366 e. The molecule has 10 heteroatoms. The summed E-state index contributed by atoms with van der Waals surface area (Å²) in [7, 11) is 0. The molecule has 0 aliphatic carbocycles. The van der Waals surface area contributed by atoms with Crippen molar-refractivity contribution < 1.29 is 18.0 Å². The Balaban J connectivity index is 1.75. The number of primary amides is 1. The van der Waals surface area contributed by atoms with Gasteiger partial charge in [-0.15, -0.1) is 0 Å². The zero-order valence-electron chi connectivity index (χ0n) is 17.2. The zero-order valence-corrected chi connectivity index (χ0v) is 17.2. The number of amides is 1. The Hall–Kier alpha value is -3.95. The van der Waals surface area contributed by atoms with E-state index in [4.69, 9.17) is 5.73 Å². The molecule has 32 heavy (non-hydrogen) atoms. The minimum atomic E-state index is -4.64. The molecule has 0 atom stereocenters. The summed E-state index contributed by atoms with van der Waals surface area (Å²) >= 11 is 0. The number of carbonyl (C=O) groups excluding carboxylic acids is 1. The molecule has 1 amide bonds. The van der Waals surface area contributed by atoms with E-state index < -0.39 is 17.6 Å². The van der Waals surface area contributed by atoms with Crippen LogP contribution in [0.25, 0.3) is 22.2 Å². The van der Waals surface area contributed by atoms with Crippen molar-refractivity contribution in [2.75, 3.05) is 5.32 Å². The van der Waals surface area contributed by atoms with Gasteiger partial charge in [-0.2, -0.15) is 13.2 Å². The topological polar surface area (TPSA) is 98.7 Å². The second kappa shape index (κ2) is 7.95. The second-order valence-electron chi connectivity index (χ2n) is 7.49. The largest absolute Gasteiger partial charge is 0.416 e. The quantitative estimate of drug-likeness (QED) is 0.458. The fourth-order valence-corrected chi connectivity index (χ4v) is 3.43. The van der Waals surface area contributed by atoms with E-state index in [-0.39, 0.29) is 23.2 Å². The van der Waals surface area contributed by atoms with Gasteiger partial charge in [0, 0.05) is 46.8 Å². The Kier molecular flexibility index (Phi) is 5.29. The van der Waals surface area contributed by atoms with Crippen LogP contribution in [-0.4, -0.2) is 25.4 Å². The zero-order chi connectivity index (χ0) is 23.0. The lowest BCUT2D eigenvalue weighted by Gasteiger charge is -2.12. The van der Waals surface area contributed by atoms with Gasteiger partial charge >= 0.3 is 6.18 Å². The maximum atomic E-state index is 13.2. The third kappa shape index (κ3) is 4.11. The third-order valence-electron chi connectivity index (χ3n) is 4.93. The number of alkyl halides is 3. The first-order valence-electron chi connectivity index (χ1n) is 9.70. The van der Waals surface area contributed by atoms with E-state index in [1.165, 1.54) is 12.3 Å². The first-order chi connectivity index (χ1) is 15.1. The Labute approximate surface area is 181 Å². The standard InChI is InChI=1S/C22H19F3N6O/c1-12(2)31-11-17(16-3-5-27-10-19(16)31)18-4-6-28-21(30-18)29-15-8-13(20(26)32)7-14(9-15)22(23,24)25/h3-12H,1-2H3,(H2,26,32)(H,28,29,30). The Bertz CT molecular complexity index is 1310. The number of hydrogen-bond donors (Lipinski definition) is 2. The first-order valence-corrected chi connectivity index (χ1v) is 9.70. The SMILES string of the molecule is CC(C)n1cc(-c2ccnc(Nc3cc(C(N)=O)cc(C(F)(F)F)c3)n2)c2ccncc21. The number of pyridine rings is 1. The van der Waals surface area contributed by atoms with Crippen LogP contribution in [0.1, 0.15) is 35.8 Å². The van der Waals surface area contributed by atoms with Crippen molar-refractivity contribution in [3.8, 4) is 11.3 Å². The van der Waals surface area contributed by atoms with Gasteiger partial charge in [-0.25, -0.2) is 9.97 Å². The average Bonchev–Trinajstić information content (AvgIpc) is 3.13. The number of aromatic nitrogens is 4. The summed E-state index contributed by atoms with van der Waals surface area (Å²) in [5, 5.41) is 3.69. The molecule has 0 aliphatic rings. The summed E-state index contributed by atoms with van der Waals surface area (Å²) in [6.45, 7) is 4.10. The lowest BCUT2D eigenvalue weighted by Crippen LogP contribution is -2.14. The molecule has 0 unspecified atom stereocenters. The van der Waals surface area contributed by atoms with Crippen molar-refractivity contribution in [1.82, 2.24) is 19.5 Å². The summed E-state index contributed by atoms with van der Waals surface area (Å²) in [5.41, 5.74) is 6.28. The molecule has 7 nitrogen and oxygen atoms in total. The van der Waals surface area contributed by atoms with Crippen LogP contribution in [0.15, 0.2) is 55.1 Å². The van der Waals surface area contributed by atoms with E-state index in [1.807, 2.05) is 26.1 Å².